The van der Waals surface area contributed by atoms with Gasteiger partial charge in [-0.2, -0.15) is 0 Å². The van der Waals surface area contributed by atoms with Gasteiger partial charge >= 0.3 is 0 Å². The Morgan fingerprint density at radius 2 is 1.73 bits per heavy atom. The molecular formula is C18H13F2NO. The molecule has 1 amide bonds. The minimum Gasteiger partial charge on any atom is -0.348 e. The van der Waals surface area contributed by atoms with Gasteiger partial charge in [0, 0.05) is 12.6 Å². The zero-order valence-corrected chi connectivity index (χ0v) is 11.6. The van der Waals surface area contributed by atoms with Crippen molar-refractivity contribution in [1.29, 1.82) is 0 Å². The fourth-order valence-corrected chi connectivity index (χ4v) is 2.39. The SMILES string of the molecule is O=C(NCc1cccc2ccccc12)c1ccc(F)cc1F. The lowest BCUT2D eigenvalue weighted by molar-refractivity contribution is 0.0947. The summed E-state index contributed by atoms with van der Waals surface area (Å²) in [6, 6.07) is 16.5. The molecule has 22 heavy (non-hydrogen) atoms. The van der Waals surface area contributed by atoms with Gasteiger partial charge in [-0.3, -0.25) is 4.79 Å². The fourth-order valence-electron chi connectivity index (χ4n) is 2.39. The van der Waals surface area contributed by atoms with E-state index in [1.165, 1.54) is 0 Å². The summed E-state index contributed by atoms with van der Waals surface area (Å²) in [6.07, 6.45) is 0. The van der Waals surface area contributed by atoms with Crippen LogP contribution in [-0.2, 0) is 6.54 Å². The largest absolute Gasteiger partial charge is 0.348 e. The highest BCUT2D eigenvalue weighted by molar-refractivity contribution is 5.94. The molecule has 0 saturated heterocycles. The maximum absolute atomic E-state index is 13.6. The molecule has 0 atom stereocenters. The first kappa shape index (κ1) is 14.2. The summed E-state index contributed by atoms with van der Waals surface area (Å²) in [6.45, 7) is 0.275. The smallest absolute Gasteiger partial charge is 0.254 e. The van der Waals surface area contributed by atoms with Crippen molar-refractivity contribution >= 4 is 16.7 Å². The maximum Gasteiger partial charge on any atom is 0.254 e. The highest BCUT2D eigenvalue weighted by atomic mass is 19.1. The van der Waals surface area contributed by atoms with Crippen molar-refractivity contribution in [2.75, 3.05) is 0 Å². The lowest BCUT2D eigenvalue weighted by atomic mass is 10.0. The third-order valence-electron chi connectivity index (χ3n) is 3.50. The van der Waals surface area contributed by atoms with Gasteiger partial charge in [0.25, 0.3) is 5.91 Å². The molecule has 0 spiro atoms. The second-order valence-electron chi connectivity index (χ2n) is 4.95. The van der Waals surface area contributed by atoms with Gasteiger partial charge in [0.2, 0.25) is 0 Å². The number of hydrogen-bond donors (Lipinski definition) is 1. The van der Waals surface area contributed by atoms with Crippen molar-refractivity contribution in [3.8, 4) is 0 Å². The normalized spacial score (nSPS) is 10.6. The van der Waals surface area contributed by atoms with Gasteiger partial charge in [0.1, 0.15) is 11.6 Å². The van der Waals surface area contributed by atoms with Crippen LogP contribution in [-0.4, -0.2) is 5.91 Å². The molecule has 0 fully saturated rings. The van der Waals surface area contributed by atoms with Gasteiger partial charge in [-0.15, -0.1) is 0 Å². The molecule has 0 unspecified atom stereocenters. The Morgan fingerprint density at radius 1 is 0.955 bits per heavy atom. The van der Waals surface area contributed by atoms with Gasteiger partial charge in [-0.05, 0) is 28.5 Å². The van der Waals surface area contributed by atoms with Crippen LogP contribution >= 0.6 is 0 Å². The number of fused-ring (bicyclic) bond motifs is 1. The van der Waals surface area contributed by atoms with E-state index in [-0.39, 0.29) is 12.1 Å². The summed E-state index contributed by atoms with van der Waals surface area (Å²) in [5.74, 6) is -2.14. The molecule has 0 heterocycles. The molecule has 4 heteroatoms. The van der Waals surface area contributed by atoms with Crippen LogP contribution in [0.1, 0.15) is 15.9 Å². The zero-order valence-electron chi connectivity index (χ0n) is 11.6. The number of amides is 1. The van der Waals surface area contributed by atoms with Crippen LogP contribution in [0.25, 0.3) is 10.8 Å². The van der Waals surface area contributed by atoms with Crippen molar-refractivity contribution in [2.24, 2.45) is 0 Å². The Balaban J connectivity index is 1.80. The van der Waals surface area contributed by atoms with E-state index < -0.39 is 17.5 Å². The summed E-state index contributed by atoms with van der Waals surface area (Å²) in [5.41, 5.74) is 0.774. The van der Waals surface area contributed by atoms with Gasteiger partial charge in [-0.25, -0.2) is 8.78 Å². The quantitative estimate of drug-likeness (QED) is 0.776. The monoisotopic (exact) mass is 297 g/mol. The van der Waals surface area contributed by atoms with Crippen LogP contribution in [0.3, 0.4) is 0 Å². The van der Waals surface area contributed by atoms with Crippen molar-refractivity contribution in [3.05, 3.63) is 83.4 Å². The molecule has 0 aliphatic carbocycles. The van der Waals surface area contributed by atoms with Crippen LogP contribution < -0.4 is 5.32 Å². The van der Waals surface area contributed by atoms with E-state index >= 15 is 0 Å². The van der Waals surface area contributed by atoms with Crippen molar-refractivity contribution < 1.29 is 13.6 Å². The van der Waals surface area contributed by atoms with Crippen LogP contribution in [0.15, 0.2) is 60.7 Å². The molecule has 3 rings (SSSR count). The molecule has 0 aromatic heterocycles. The van der Waals surface area contributed by atoms with E-state index in [9.17, 15) is 13.6 Å². The average Bonchev–Trinajstić information content (AvgIpc) is 2.52. The van der Waals surface area contributed by atoms with Gasteiger partial charge in [0.15, 0.2) is 0 Å². The zero-order chi connectivity index (χ0) is 15.5. The topological polar surface area (TPSA) is 29.1 Å². The molecule has 0 saturated carbocycles. The summed E-state index contributed by atoms with van der Waals surface area (Å²) in [5, 5.41) is 4.77. The van der Waals surface area contributed by atoms with Gasteiger partial charge in [-0.1, -0.05) is 42.5 Å². The molecule has 2 nitrogen and oxygen atoms in total. The number of nitrogens with one attached hydrogen (secondary N) is 1. The van der Waals surface area contributed by atoms with E-state index in [1.807, 2.05) is 42.5 Å². The highest BCUT2D eigenvalue weighted by Crippen LogP contribution is 2.18. The van der Waals surface area contributed by atoms with Crippen molar-refractivity contribution in [1.82, 2.24) is 5.32 Å². The van der Waals surface area contributed by atoms with Crippen LogP contribution in [0, 0.1) is 11.6 Å². The lowest BCUT2D eigenvalue weighted by Crippen LogP contribution is -2.24. The molecule has 110 valence electrons. The number of carbonyl (C=O) groups excluding carboxylic acids is 1. The third-order valence-corrected chi connectivity index (χ3v) is 3.50. The third kappa shape index (κ3) is 2.81. The van der Waals surface area contributed by atoms with Crippen LogP contribution in [0.4, 0.5) is 8.78 Å². The average molecular weight is 297 g/mol. The molecule has 0 aliphatic rings. The first-order chi connectivity index (χ1) is 10.6. The lowest BCUT2D eigenvalue weighted by Gasteiger charge is -2.09. The van der Waals surface area contributed by atoms with Crippen LogP contribution in [0.5, 0.6) is 0 Å². The molecule has 1 N–H and O–H groups in total. The van der Waals surface area contributed by atoms with E-state index in [0.717, 1.165) is 28.5 Å². The van der Waals surface area contributed by atoms with Gasteiger partial charge in [0.05, 0.1) is 5.56 Å². The predicted molar refractivity (Wildman–Crippen MR) is 81.5 cm³/mol. The van der Waals surface area contributed by atoms with E-state index in [0.29, 0.717) is 6.07 Å². The van der Waals surface area contributed by atoms with E-state index in [4.69, 9.17) is 0 Å². The molecule has 3 aromatic carbocycles. The van der Waals surface area contributed by atoms with E-state index in [2.05, 4.69) is 5.32 Å². The summed E-state index contributed by atoms with van der Waals surface area (Å²) < 4.78 is 26.4. The van der Waals surface area contributed by atoms with E-state index in [1.54, 1.807) is 0 Å². The number of rotatable bonds is 3. The molecule has 3 aromatic rings. The standard InChI is InChI=1S/C18H13F2NO/c19-14-8-9-16(17(20)10-14)18(22)21-11-13-6-3-5-12-4-1-2-7-15(12)13/h1-10H,11H2,(H,21,22). The highest BCUT2D eigenvalue weighted by Gasteiger charge is 2.12. The maximum atomic E-state index is 13.6. The first-order valence-corrected chi connectivity index (χ1v) is 6.85. The Morgan fingerprint density at radius 3 is 2.55 bits per heavy atom. The van der Waals surface area contributed by atoms with Crippen molar-refractivity contribution in [2.45, 2.75) is 6.54 Å². The second-order valence-corrected chi connectivity index (χ2v) is 4.95. The second kappa shape index (κ2) is 5.93. The number of carbonyl (C=O) groups is 1. The minimum absolute atomic E-state index is 0.165. The minimum atomic E-state index is -0.865. The van der Waals surface area contributed by atoms with Crippen LogP contribution in [0.2, 0.25) is 0 Å². The van der Waals surface area contributed by atoms with Gasteiger partial charge < -0.3 is 5.32 Å². The fraction of sp³-hybridized carbons (Fsp3) is 0.0556. The molecular weight excluding hydrogens is 284 g/mol. The number of benzene rings is 3. The molecule has 0 bridgehead atoms. The molecule has 0 aliphatic heterocycles. The predicted octanol–water partition coefficient (Wildman–Crippen LogP) is 4.05. The summed E-state index contributed by atoms with van der Waals surface area (Å²) in [4.78, 5) is 12.0. The Labute approximate surface area is 126 Å². The Kier molecular flexibility index (Phi) is 3.83. The Hall–Kier alpha value is -2.75. The first-order valence-electron chi connectivity index (χ1n) is 6.85. The number of halogens is 2. The number of hydrogen-bond acceptors (Lipinski definition) is 1. The Bertz CT molecular complexity index is 840. The molecule has 0 radical (unpaired) electrons. The summed E-state index contributed by atoms with van der Waals surface area (Å²) >= 11 is 0. The van der Waals surface area contributed by atoms with Crippen molar-refractivity contribution in [3.63, 3.8) is 0 Å². The summed E-state index contributed by atoms with van der Waals surface area (Å²) in [7, 11) is 0.